The van der Waals surface area contributed by atoms with Crippen molar-refractivity contribution in [1.82, 2.24) is 25.1 Å². The Hall–Kier alpha value is -3.71. The van der Waals surface area contributed by atoms with E-state index in [2.05, 4.69) is 86.0 Å². The second-order valence-corrected chi connectivity index (χ2v) is 9.22. The van der Waals surface area contributed by atoms with E-state index >= 15 is 0 Å². The van der Waals surface area contributed by atoms with Crippen LogP contribution >= 0.6 is 0 Å². The van der Waals surface area contributed by atoms with Gasteiger partial charge in [-0.2, -0.15) is 0 Å². The van der Waals surface area contributed by atoms with Crippen molar-refractivity contribution in [3.63, 3.8) is 0 Å². The molecule has 3 aromatic carbocycles. The number of hydrogen-bond donors (Lipinski definition) is 0. The number of aromatic nitrogens is 4. The van der Waals surface area contributed by atoms with Crippen LogP contribution in [0.2, 0.25) is 0 Å². The Morgan fingerprint density at radius 2 is 1.36 bits per heavy atom. The van der Waals surface area contributed by atoms with Crippen LogP contribution in [0, 0.1) is 0 Å². The van der Waals surface area contributed by atoms with Gasteiger partial charge >= 0.3 is 0 Å². The first-order valence-electron chi connectivity index (χ1n) is 12.8. The van der Waals surface area contributed by atoms with E-state index in [0.717, 1.165) is 63.7 Å². The number of tetrazole rings is 1. The van der Waals surface area contributed by atoms with Crippen LogP contribution in [0.5, 0.6) is 5.75 Å². The first-order chi connectivity index (χ1) is 17.8. The molecule has 1 aliphatic heterocycles. The first kappa shape index (κ1) is 24.0. The predicted octanol–water partition coefficient (Wildman–Crippen LogP) is 4.46. The van der Waals surface area contributed by atoms with Crippen LogP contribution in [-0.4, -0.2) is 64.9 Å². The van der Waals surface area contributed by atoms with E-state index in [1.165, 1.54) is 16.8 Å². The van der Waals surface area contributed by atoms with Crippen LogP contribution in [0.15, 0.2) is 84.9 Å². The molecule has 0 aliphatic carbocycles. The lowest BCUT2D eigenvalue weighted by Gasteiger charge is -2.36. The van der Waals surface area contributed by atoms with Gasteiger partial charge in [0, 0.05) is 32.7 Å². The number of methoxy groups -OCH3 is 1. The van der Waals surface area contributed by atoms with Gasteiger partial charge in [0.15, 0.2) is 5.82 Å². The molecule has 0 amide bonds. The van der Waals surface area contributed by atoms with Crippen molar-refractivity contribution >= 4 is 5.69 Å². The number of hydrogen-bond acceptors (Lipinski definition) is 6. The average molecular weight is 483 g/mol. The predicted molar refractivity (Wildman–Crippen MR) is 143 cm³/mol. The van der Waals surface area contributed by atoms with Gasteiger partial charge in [-0.1, -0.05) is 72.8 Å². The standard InChI is InChI=1S/C29H34N6O/c1-36-27-17-9-8-16-26(27)34-22-20-33(21-23-34)18-10-11-19-35-29(30-31-32-35)28(24-12-4-2-5-13-24)25-14-6-3-7-15-25/h2-9,12-17,28H,10-11,18-23H2,1H3. The van der Waals surface area contributed by atoms with Crippen LogP contribution in [0.3, 0.4) is 0 Å². The zero-order chi connectivity index (χ0) is 24.6. The molecule has 1 aliphatic rings. The normalized spacial score (nSPS) is 14.3. The van der Waals surface area contributed by atoms with Gasteiger partial charge in [-0.25, -0.2) is 4.68 Å². The monoisotopic (exact) mass is 482 g/mol. The molecule has 5 rings (SSSR count). The summed E-state index contributed by atoms with van der Waals surface area (Å²) in [5.74, 6) is 1.87. The number of benzene rings is 3. The highest BCUT2D eigenvalue weighted by Gasteiger charge is 2.23. The zero-order valence-electron chi connectivity index (χ0n) is 20.9. The molecule has 1 fully saturated rings. The fourth-order valence-electron chi connectivity index (χ4n) is 5.06. The largest absolute Gasteiger partial charge is 0.495 e. The summed E-state index contributed by atoms with van der Waals surface area (Å²) in [4.78, 5) is 4.99. The molecule has 0 bridgehead atoms. The molecule has 7 heteroatoms. The third-order valence-electron chi connectivity index (χ3n) is 6.98. The van der Waals surface area contributed by atoms with Gasteiger partial charge in [0.25, 0.3) is 0 Å². The maximum atomic E-state index is 5.55. The Labute approximate surface area is 213 Å². The lowest BCUT2D eigenvalue weighted by atomic mass is 9.90. The lowest BCUT2D eigenvalue weighted by molar-refractivity contribution is 0.250. The first-order valence-corrected chi connectivity index (χ1v) is 12.8. The molecule has 0 unspecified atom stereocenters. The quantitative estimate of drug-likeness (QED) is 0.311. The number of anilines is 1. The van der Waals surface area contributed by atoms with Crippen LogP contribution < -0.4 is 9.64 Å². The minimum atomic E-state index is 0.0189. The molecule has 0 spiro atoms. The number of nitrogens with zero attached hydrogens (tertiary/aromatic N) is 6. The number of aryl methyl sites for hydroxylation is 1. The van der Waals surface area contributed by atoms with Crippen molar-refractivity contribution in [3.8, 4) is 5.75 Å². The summed E-state index contributed by atoms with van der Waals surface area (Å²) in [6.45, 7) is 6.09. The fraction of sp³-hybridized carbons (Fsp3) is 0.345. The van der Waals surface area contributed by atoms with Gasteiger partial charge in [0.2, 0.25) is 0 Å². The molecule has 0 N–H and O–H groups in total. The van der Waals surface area contributed by atoms with E-state index in [-0.39, 0.29) is 5.92 Å². The summed E-state index contributed by atoms with van der Waals surface area (Å²) in [7, 11) is 1.74. The van der Waals surface area contributed by atoms with Gasteiger partial charge in [-0.15, -0.1) is 5.10 Å². The highest BCUT2D eigenvalue weighted by Crippen LogP contribution is 2.30. The Morgan fingerprint density at radius 1 is 0.750 bits per heavy atom. The molecule has 0 radical (unpaired) electrons. The Kier molecular flexibility index (Phi) is 7.88. The van der Waals surface area contributed by atoms with Crippen LogP contribution in [-0.2, 0) is 6.54 Å². The number of para-hydroxylation sites is 2. The van der Waals surface area contributed by atoms with Crippen molar-refractivity contribution in [2.24, 2.45) is 0 Å². The smallest absolute Gasteiger partial charge is 0.163 e. The number of piperazine rings is 1. The maximum Gasteiger partial charge on any atom is 0.163 e. The average Bonchev–Trinajstić information content (AvgIpc) is 3.40. The molecule has 1 saturated heterocycles. The van der Waals surface area contributed by atoms with Crippen molar-refractivity contribution in [2.45, 2.75) is 25.3 Å². The molecule has 7 nitrogen and oxygen atoms in total. The number of unbranched alkanes of at least 4 members (excludes halogenated alkanes) is 1. The summed E-state index contributed by atoms with van der Waals surface area (Å²) in [6.07, 6.45) is 2.16. The van der Waals surface area contributed by atoms with Crippen molar-refractivity contribution in [2.75, 3.05) is 44.7 Å². The molecule has 2 heterocycles. The van der Waals surface area contributed by atoms with Gasteiger partial charge in [0.05, 0.1) is 18.7 Å². The summed E-state index contributed by atoms with van der Waals surface area (Å²) in [6, 6.07) is 29.3. The molecular formula is C29H34N6O. The highest BCUT2D eigenvalue weighted by molar-refractivity contribution is 5.58. The van der Waals surface area contributed by atoms with Crippen LogP contribution in [0.25, 0.3) is 0 Å². The van der Waals surface area contributed by atoms with E-state index in [9.17, 15) is 0 Å². The summed E-state index contributed by atoms with van der Waals surface area (Å²) < 4.78 is 7.54. The Morgan fingerprint density at radius 3 is 2.03 bits per heavy atom. The Bertz CT molecular complexity index is 1170. The third kappa shape index (κ3) is 5.57. The van der Waals surface area contributed by atoms with Gasteiger partial charge < -0.3 is 9.64 Å². The molecular weight excluding hydrogens is 448 g/mol. The second-order valence-electron chi connectivity index (χ2n) is 9.22. The number of rotatable bonds is 10. The third-order valence-corrected chi connectivity index (χ3v) is 6.98. The van der Waals surface area contributed by atoms with E-state index in [4.69, 9.17) is 4.74 Å². The summed E-state index contributed by atoms with van der Waals surface area (Å²) in [5, 5.41) is 12.9. The maximum absolute atomic E-state index is 5.55. The van der Waals surface area contributed by atoms with Gasteiger partial charge in [-0.05, 0) is 53.1 Å². The van der Waals surface area contributed by atoms with Crippen LogP contribution in [0.1, 0.15) is 35.7 Å². The summed E-state index contributed by atoms with van der Waals surface area (Å²) >= 11 is 0. The van der Waals surface area contributed by atoms with E-state index in [1.54, 1.807) is 7.11 Å². The fourth-order valence-corrected chi connectivity index (χ4v) is 5.06. The minimum Gasteiger partial charge on any atom is -0.495 e. The van der Waals surface area contributed by atoms with Gasteiger partial charge in [-0.3, -0.25) is 4.90 Å². The molecule has 36 heavy (non-hydrogen) atoms. The summed E-state index contributed by atoms with van der Waals surface area (Å²) in [5.41, 5.74) is 3.59. The highest BCUT2D eigenvalue weighted by atomic mass is 16.5. The molecule has 186 valence electrons. The Balaban J connectivity index is 1.16. The van der Waals surface area contributed by atoms with Crippen LogP contribution in [0.4, 0.5) is 5.69 Å². The van der Waals surface area contributed by atoms with E-state index in [0.29, 0.717) is 0 Å². The molecule has 1 aromatic heterocycles. The molecule has 0 atom stereocenters. The molecule has 0 saturated carbocycles. The van der Waals surface area contributed by atoms with E-state index in [1.807, 2.05) is 28.9 Å². The van der Waals surface area contributed by atoms with Crippen molar-refractivity contribution in [3.05, 3.63) is 102 Å². The minimum absolute atomic E-state index is 0.0189. The number of ether oxygens (including phenoxy) is 1. The second kappa shape index (κ2) is 11.8. The SMILES string of the molecule is COc1ccccc1N1CCN(CCCCn2nnnc2C(c2ccccc2)c2ccccc2)CC1. The van der Waals surface area contributed by atoms with Crippen molar-refractivity contribution < 1.29 is 4.74 Å². The van der Waals surface area contributed by atoms with E-state index < -0.39 is 0 Å². The molecule has 4 aromatic rings. The topological polar surface area (TPSA) is 59.3 Å². The lowest BCUT2D eigenvalue weighted by Crippen LogP contribution is -2.46. The van der Waals surface area contributed by atoms with Crippen molar-refractivity contribution in [1.29, 1.82) is 0 Å². The zero-order valence-corrected chi connectivity index (χ0v) is 20.9. The van der Waals surface area contributed by atoms with Gasteiger partial charge in [0.1, 0.15) is 5.75 Å².